The molecule has 0 aromatic heterocycles. The van der Waals surface area contributed by atoms with Crippen molar-refractivity contribution >= 4 is 0 Å². The molecule has 58 valence electrons. The minimum atomic E-state index is 0.168. The molecule has 2 aliphatic rings. The molecule has 0 aromatic rings. The smallest absolute Gasteiger partial charge is 0.0283 e. The second-order valence-corrected chi connectivity index (χ2v) is 3.96. The van der Waals surface area contributed by atoms with Crippen LogP contribution in [0.5, 0.6) is 0 Å². The maximum Gasteiger partial charge on any atom is 0.0283 e. The Morgan fingerprint density at radius 3 is 3.10 bits per heavy atom. The molecule has 1 aliphatic carbocycles. The highest BCUT2D eigenvalue weighted by molar-refractivity contribution is 4.96. The Morgan fingerprint density at radius 1 is 1.50 bits per heavy atom. The van der Waals surface area contributed by atoms with E-state index < -0.39 is 0 Å². The maximum absolute atomic E-state index is 6.14. The fourth-order valence-corrected chi connectivity index (χ4v) is 2.38. The minimum Gasteiger partial charge on any atom is -0.324 e. The van der Waals surface area contributed by atoms with E-state index in [0.29, 0.717) is 0 Å². The van der Waals surface area contributed by atoms with Gasteiger partial charge in [-0.05, 0) is 31.7 Å². The van der Waals surface area contributed by atoms with Crippen molar-refractivity contribution in [3.05, 3.63) is 0 Å². The molecule has 1 saturated heterocycles. The molecule has 2 fully saturated rings. The zero-order valence-electron chi connectivity index (χ0n) is 6.40. The van der Waals surface area contributed by atoms with Crippen molar-refractivity contribution in [2.75, 3.05) is 13.1 Å². The first-order chi connectivity index (χ1) is 4.79. The Kier molecular flexibility index (Phi) is 1.46. The predicted octanol–water partition coefficient (Wildman–Crippen LogP) is 0.477. The summed E-state index contributed by atoms with van der Waals surface area (Å²) in [6.45, 7) is 2.25. The monoisotopic (exact) mass is 140 g/mol. The molecule has 0 spiro atoms. The summed E-state index contributed by atoms with van der Waals surface area (Å²) >= 11 is 0. The fourth-order valence-electron chi connectivity index (χ4n) is 2.38. The van der Waals surface area contributed by atoms with Gasteiger partial charge >= 0.3 is 0 Å². The number of hydrogen-bond donors (Lipinski definition) is 2. The largest absolute Gasteiger partial charge is 0.324 e. The molecule has 1 heterocycles. The van der Waals surface area contributed by atoms with Crippen LogP contribution in [0.25, 0.3) is 0 Å². The summed E-state index contributed by atoms with van der Waals surface area (Å²) in [6.07, 6.45) is 5.24. The first-order valence-electron chi connectivity index (χ1n) is 4.28. The lowest BCUT2D eigenvalue weighted by atomic mass is 9.74. The summed E-state index contributed by atoms with van der Waals surface area (Å²) in [4.78, 5) is 0. The van der Waals surface area contributed by atoms with Gasteiger partial charge in [-0.2, -0.15) is 0 Å². The summed E-state index contributed by atoms with van der Waals surface area (Å²) in [5, 5.41) is 3.40. The Bertz CT molecular complexity index is 123. The standard InChI is InChI=1S/C8H16N2/c9-8-3-1-2-7(4-8)5-10-6-8/h7,10H,1-6,9H2. The molecule has 2 atom stereocenters. The minimum absolute atomic E-state index is 0.168. The van der Waals surface area contributed by atoms with Crippen LogP contribution < -0.4 is 11.1 Å². The molecule has 2 heteroatoms. The van der Waals surface area contributed by atoms with Crippen molar-refractivity contribution in [3.8, 4) is 0 Å². The highest BCUT2D eigenvalue weighted by atomic mass is 15.0. The van der Waals surface area contributed by atoms with Crippen LogP contribution in [0, 0.1) is 5.92 Å². The van der Waals surface area contributed by atoms with E-state index in [9.17, 15) is 0 Å². The van der Waals surface area contributed by atoms with Crippen LogP contribution in [-0.4, -0.2) is 18.6 Å². The number of nitrogens with one attached hydrogen (secondary N) is 1. The van der Waals surface area contributed by atoms with Gasteiger partial charge in [0.05, 0.1) is 0 Å². The van der Waals surface area contributed by atoms with Gasteiger partial charge in [0.25, 0.3) is 0 Å². The molecule has 10 heavy (non-hydrogen) atoms. The molecule has 0 radical (unpaired) electrons. The average molecular weight is 140 g/mol. The SMILES string of the molecule is NC12CCCC(CNC1)C2. The van der Waals surface area contributed by atoms with E-state index in [2.05, 4.69) is 5.32 Å². The second kappa shape index (κ2) is 2.21. The average Bonchev–Trinajstić information content (AvgIpc) is 1.86. The van der Waals surface area contributed by atoms with Gasteiger partial charge in [-0.3, -0.25) is 0 Å². The van der Waals surface area contributed by atoms with Crippen LogP contribution in [-0.2, 0) is 0 Å². The first-order valence-corrected chi connectivity index (χ1v) is 4.28. The van der Waals surface area contributed by atoms with Crippen LogP contribution >= 0.6 is 0 Å². The third-order valence-electron chi connectivity index (χ3n) is 2.89. The highest BCUT2D eigenvalue weighted by Crippen LogP contribution is 2.32. The van der Waals surface area contributed by atoms with Crippen molar-refractivity contribution in [2.24, 2.45) is 11.7 Å². The summed E-state index contributed by atoms with van der Waals surface area (Å²) in [5.41, 5.74) is 6.31. The zero-order valence-corrected chi connectivity index (χ0v) is 6.40. The van der Waals surface area contributed by atoms with Gasteiger partial charge in [0.2, 0.25) is 0 Å². The van der Waals surface area contributed by atoms with Gasteiger partial charge in [0, 0.05) is 12.1 Å². The van der Waals surface area contributed by atoms with Crippen LogP contribution in [0.1, 0.15) is 25.7 Å². The van der Waals surface area contributed by atoms with Gasteiger partial charge < -0.3 is 11.1 Å². The van der Waals surface area contributed by atoms with Crippen LogP contribution in [0.3, 0.4) is 0 Å². The van der Waals surface area contributed by atoms with Crippen LogP contribution in [0.4, 0.5) is 0 Å². The van der Waals surface area contributed by atoms with Crippen molar-refractivity contribution < 1.29 is 0 Å². The molecule has 0 aromatic carbocycles. The molecule has 1 aliphatic heterocycles. The van der Waals surface area contributed by atoms with E-state index in [0.717, 1.165) is 12.5 Å². The molecule has 0 amide bonds. The van der Waals surface area contributed by atoms with Crippen molar-refractivity contribution in [2.45, 2.75) is 31.2 Å². The van der Waals surface area contributed by atoms with E-state index in [-0.39, 0.29) is 5.54 Å². The number of nitrogens with two attached hydrogens (primary N) is 1. The molecular formula is C8H16N2. The van der Waals surface area contributed by atoms with Gasteiger partial charge in [-0.1, -0.05) is 6.42 Å². The molecule has 1 saturated carbocycles. The lowest BCUT2D eigenvalue weighted by Crippen LogP contribution is -2.57. The molecular weight excluding hydrogens is 124 g/mol. The fraction of sp³-hybridized carbons (Fsp3) is 1.00. The van der Waals surface area contributed by atoms with Crippen molar-refractivity contribution in [1.29, 1.82) is 0 Å². The summed E-state index contributed by atoms with van der Waals surface area (Å²) in [5.74, 6) is 0.882. The Morgan fingerprint density at radius 2 is 2.40 bits per heavy atom. The van der Waals surface area contributed by atoms with Crippen molar-refractivity contribution in [3.63, 3.8) is 0 Å². The summed E-state index contributed by atoms with van der Waals surface area (Å²) < 4.78 is 0. The predicted molar refractivity (Wildman–Crippen MR) is 41.7 cm³/mol. The van der Waals surface area contributed by atoms with E-state index in [1.54, 1.807) is 0 Å². The van der Waals surface area contributed by atoms with Crippen LogP contribution in [0.2, 0.25) is 0 Å². The molecule has 2 rings (SSSR count). The normalized spacial score (nSPS) is 47.1. The second-order valence-electron chi connectivity index (χ2n) is 3.96. The molecule has 2 unspecified atom stereocenters. The van der Waals surface area contributed by atoms with E-state index >= 15 is 0 Å². The Balaban J connectivity index is 2.07. The summed E-state index contributed by atoms with van der Waals surface area (Å²) in [7, 11) is 0. The van der Waals surface area contributed by atoms with E-state index in [1.165, 1.54) is 32.2 Å². The zero-order chi connectivity index (χ0) is 7.03. The number of hydrogen-bond acceptors (Lipinski definition) is 2. The summed E-state index contributed by atoms with van der Waals surface area (Å²) in [6, 6.07) is 0. The van der Waals surface area contributed by atoms with Crippen molar-refractivity contribution in [1.82, 2.24) is 5.32 Å². The van der Waals surface area contributed by atoms with Crippen LogP contribution in [0.15, 0.2) is 0 Å². The van der Waals surface area contributed by atoms with Gasteiger partial charge in [-0.15, -0.1) is 0 Å². The quantitative estimate of drug-likeness (QED) is 0.513. The maximum atomic E-state index is 6.14. The Hall–Kier alpha value is -0.0800. The molecule has 2 nitrogen and oxygen atoms in total. The highest BCUT2D eigenvalue weighted by Gasteiger charge is 2.35. The third-order valence-corrected chi connectivity index (χ3v) is 2.89. The number of rotatable bonds is 0. The van der Waals surface area contributed by atoms with E-state index in [1.807, 2.05) is 0 Å². The molecule has 2 bridgehead atoms. The van der Waals surface area contributed by atoms with Gasteiger partial charge in [0.15, 0.2) is 0 Å². The van der Waals surface area contributed by atoms with Gasteiger partial charge in [-0.25, -0.2) is 0 Å². The Labute approximate surface area is 62.2 Å². The first kappa shape index (κ1) is 6.62. The van der Waals surface area contributed by atoms with E-state index in [4.69, 9.17) is 5.73 Å². The third kappa shape index (κ3) is 1.06. The van der Waals surface area contributed by atoms with Gasteiger partial charge in [0.1, 0.15) is 0 Å². The molecule has 3 N–H and O–H groups in total. The lowest BCUT2D eigenvalue weighted by Gasteiger charge is -2.42. The number of piperidine rings is 1. The topological polar surface area (TPSA) is 38.0 Å². The lowest BCUT2D eigenvalue weighted by molar-refractivity contribution is 0.172. The number of fused-ring (bicyclic) bond motifs is 2.